The molecule has 2 saturated heterocycles. The van der Waals surface area contributed by atoms with Crippen LogP contribution in [0.1, 0.15) is 6.92 Å². The maximum atomic E-state index is 14.5. The van der Waals surface area contributed by atoms with Gasteiger partial charge in [0.05, 0.1) is 42.4 Å². The van der Waals surface area contributed by atoms with Crippen LogP contribution in [-0.4, -0.2) is 76.0 Å². The number of aromatic nitrogens is 4. The topological polar surface area (TPSA) is 169 Å². The molecular formula is C31H32F2N10O4. The minimum absolute atomic E-state index is 0.221. The molecule has 0 saturated carbocycles. The number of halogens is 2. The van der Waals surface area contributed by atoms with Crippen LogP contribution in [0.15, 0.2) is 65.9 Å². The average molecular weight is 647 g/mol. The summed E-state index contributed by atoms with van der Waals surface area (Å²) in [6.07, 6.45) is 3.10. The molecule has 2 fully saturated rings. The van der Waals surface area contributed by atoms with Crippen molar-refractivity contribution < 1.29 is 27.8 Å². The minimum atomic E-state index is -0.552. The summed E-state index contributed by atoms with van der Waals surface area (Å²) in [5.41, 5.74) is 8.50. The zero-order chi connectivity index (χ0) is 33.7. The van der Waals surface area contributed by atoms with Gasteiger partial charge in [-0.25, -0.2) is 18.4 Å². The van der Waals surface area contributed by atoms with Crippen molar-refractivity contribution in [3.63, 3.8) is 0 Å². The maximum Gasteiger partial charge on any atom is 0.414 e. The first-order valence-corrected chi connectivity index (χ1v) is 14.5. The summed E-state index contributed by atoms with van der Waals surface area (Å²) in [5, 5.41) is 19.0. The third kappa shape index (κ3) is 7.20. The van der Waals surface area contributed by atoms with Gasteiger partial charge >= 0.3 is 12.2 Å². The van der Waals surface area contributed by atoms with Crippen LogP contribution in [0.2, 0.25) is 0 Å². The molecule has 14 nitrogen and oxygen atoms in total. The number of ether oxygens (including phenoxy) is 2. The molecule has 3 N–H and O–H groups in total. The van der Waals surface area contributed by atoms with Crippen molar-refractivity contribution in [2.45, 2.75) is 19.1 Å². The van der Waals surface area contributed by atoms with Gasteiger partial charge in [0.15, 0.2) is 6.19 Å². The van der Waals surface area contributed by atoms with Crippen molar-refractivity contribution in [2.75, 3.05) is 36.0 Å². The van der Waals surface area contributed by atoms with Crippen molar-refractivity contribution in [1.29, 1.82) is 5.26 Å². The normalized spacial score (nSPS) is 17.6. The number of amides is 2. The second-order valence-electron chi connectivity index (χ2n) is 10.6. The van der Waals surface area contributed by atoms with Gasteiger partial charge in [-0.05, 0) is 55.5 Å². The lowest BCUT2D eigenvalue weighted by atomic mass is 10.1. The van der Waals surface area contributed by atoms with Gasteiger partial charge in [0.25, 0.3) is 0 Å². The first kappa shape index (κ1) is 32.6. The van der Waals surface area contributed by atoms with Gasteiger partial charge < -0.3 is 15.2 Å². The number of nitrogens with one attached hydrogen (secondary N) is 1. The number of cyclic esters (lactones) is 2. The van der Waals surface area contributed by atoms with Gasteiger partial charge in [0, 0.05) is 44.2 Å². The van der Waals surface area contributed by atoms with Crippen LogP contribution < -0.4 is 20.9 Å². The molecule has 2 aliphatic heterocycles. The second-order valence-corrected chi connectivity index (χ2v) is 10.6. The van der Waals surface area contributed by atoms with E-state index in [-0.39, 0.29) is 25.7 Å². The molecule has 2 aromatic carbocycles. The summed E-state index contributed by atoms with van der Waals surface area (Å²) >= 11 is 0. The molecule has 2 aromatic heterocycles. The molecule has 0 unspecified atom stereocenters. The van der Waals surface area contributed by atoms with E-state index in [1.807, 2.05) is 0 Å². The molecule has 6 rings (SSSR count). The molecule has 16 heteroatoms. The summed E-state index contributed by atoms with van der Waals surface area (Å²) in [4.78, 5) is 30.7. The monoisotopic (exact) mass is 646 g/mol. The molecule has 0 aliphatic carbocycles. The SMILES string of the molecule is CC(=NC[C@H]1CN(c2ccc(-c3ccnn3C)c(F)c2)C(=O)O1)NC#N.Cn1nccc1-c1ccc(N2C[C@H](CN)OC2=O)cc1F. The fourth-order valence-electron chi connectivity index (χ4n) is 5.08. The number of aliphatic imine (C=N–C) groups is 1. The molecule has 244 valence electrons. The van der Waals surface area contributed by atoms with Gasteiger partial charge in [-0.15, -0.1) is 0 Å². The Morgan fingerprint density at radius 1 is 0.915 bits per heavy atom. The number of carbonyl (C=O) groups excluding carboxylic acids is 2. The first-order valence-electron chi connectivity index (χ1n) is 14.5. The number of nitrogens with two attached hydrogens (primary N) is 1. The summed E-state index contributed by atoms with van der Waals surface area (Å²) in [6.45, 7) is 2.70. The van der Waals surface area contributed by atoms with Gasteiger partial charge in [-0.2, -0.15) is 15.5 Å². The Morgan fingerprint density at radius 2 is 1.40 bits per heavy atom. The number of anilines is 2. The predicted molar refractivity (Wildman–Crippen MR) is 168 cm³/mol. The van der Waals surface area contributed by atoms with E-state index in [4.69, 9.17) is 20.5 Å². The van der Waals surface area contributed by atoms with Crippen LogP contribution >= 0.6 is 0 Å². The van der Waals surface area contributed by atoms with E-state index >= 15 is 0 Å². The lowest BCUT2D eigenvalue weighted by Gasteiger charge is -2.14. The minimum Gasteiger partial charge on any atom is -0.443 e. The fourth-order valence-corrected chi connectivity index (χ4v) is 5.08. The smallest absolute Gasteiger partial charge is 0.414 e. The van der Waals surface area contributed by atoms with Crippen molar-refractivity contribution in [2.24, 2.45) is 24.8 Å². The summed E-state index contributed by atoms with van der Waals surface area (Å²) in [6, 6.07) is 12.7. The molecule has 0 spiro atoms. The summed E-state index contributed by atoms with van der Waals surface area (Å²) in [7, 11) is 3.47. The lowest BCUT2D eigenvalue weighted by molar-refractivity contribution is 0.144. The van der Waals surface area contributed by atoms with Crippen molar-refractivity contribution >= 4 is 29.4 Å². The van der Waals surface area contributed by atoms with Crippen LogP contribution in [0.3, 0.4) is 0 Å². The predicted octanol–water partition coefficient (Wildman–Crippen LogP) is 3.55. The van der Waals surface area contributed by atoms with E-state index < -0.39 is 29.9 Å². The Morgan fingerprint density at radius 3 is 1.81 bits per heavy atom. The van der Waals surface area contributed by atoms with Crippen LogP contribution in [-0.2, 0) is 23.6 Å². The van der Waals surface area contributed by atoms with Crippen LogP contribution in [0.4, 0.5) is 29.7 Å². The lowest BCUT2D eigenvalue weighted by Crippen LogP contribution is -2.27. The fraction of sp³-hybridized carbons (Fsp3) is 0.290. The van der Waals surface area contributed by atoms with Gasteiger partial charge in [-0.1, -0.05) is 0 Å². The third-order valence-electron chi connectivity index (χ3n) is 7.50. The Balaban J connectivity index is 0.000000189. The molecule has 2 aliphatic rings. The number of hydrogen-bond donors (Lipinski definition) is 2. The number of nitriles is 1. The van der Waals surface area contributed by atoms with E-state index in [1.165, 1.54) is 21.9 Å². The molecule has 4 heterocycles. The highest BCUT2D eigenvalue weighted by Gasteiger charge is 2.33. The average Bonchev–Trinajstić information content (AvgIpc) is 3.84. The van der Waals surface area contributed by atoms with Gasteiger partial charge in [0.1, 0.15) is 29.7 Å². The Bertz CT molecular complexity index is 1850. The number of rotatable bonds is 7. The van der Waals surface area contributed by atoms with E-state index in [9.17, 15) is 18.4 Å². The Labute approximate surface area is 268 Å². The van der Waals surface area contributed by atoms with Crippen LogP contribution in [0, 0.1) is 23.1 Å². The van der Waals surface area contributed by atoms with Crippen molar-refractivity contribution in [3.05, 3.63) is 72.6 Å². The highest BCUT2D eigenvalue weighted by atomic mass is 19.1. The molecular weight excluding hydrogens is 614 g/mol. The van der Waals surface area contributed by atoms with Crippen LogP contribution in [0.5, 0.6) is 0 Å². The number of amidine groups is 1. The summed E-state index contributed by atoms with van der Waals surface area (Å²) in [5.74, 6) is -0.428. The standard InChI is InChI=1S/C17H17FN6O2.C14H15FN4O2/c1-11(21-10-19)20-8-13-9-24(17(25)26-13)12-3-4-14(15(18)7-12)16-5-6-22-23(16)2;1-18-13(4-5-17-18)11-3-2-9(6-12(11)15)19-8-10(7-16)21-14(19)20/h3-7,13H,8-9H2,1-2H3,(H,20,21);2-6,10H,7-8,16H2,1H3/t13-;10-/m00/s1. The molecule has 0 bridgehead atoms. The highest BCUT2D eigenvalue weighted by molar-refractivity contribution is 5.91. The van der Waals surface area contributed by atoms with E-state index in [2.05, 4.69) is 20.5 Å². The van der Waals surface area contributed by atoms with Gasteiger partial charge in [-0.3, -0.25) is 29.5 Å². The first-order chi connectivity index (χ1) is 22.6. The van der Waals surface area contributed by atoms with E-state index in [1.54, 1.807) is 85.4 Å². The van der Waals surface area contributed by atoms with E-state index in [0.717, 1.165) is 0 Å². The molecule has 47 heavy (non-hydrogen) atoms. The molecule has 4 aromatic rings. The van der Waals surface area contributed by atoms with Gasteiger partial charge in [0.2, 0.25) is 0 Å². The third-order valence-corrected chi connectivity index (χ3v) is 7.50. The van der Waals surface area contributed by atoms with E-state index in [0.29, 0.717) is 46.3 Å². The molecule has 2 amide bonds. The van der Waals surface area contributed by atoms with Crippen LogP contribution in [0.25, 0.3) is 22.5 Å². The quantitative estimate of drug-likeness (QED) is 0.132. The molecule has 2 atom stereocenters. The van der Waals surface area contributed by atoms with Crippen molar-refractivity contribution in [3.8, 4) is 28.7 Å². The largest absolute Gasteiger partial charge is 0.443 e. The highest BCUT2D eigenvalue weighted by Crippen LogP contribution is 2.30. The zero-order valence-electron chi connectivity index (χ0n) is 25.8. The zero-order valence-corrected chi connectivity index (χ0v) is 25.8. The Hall–Kier alpha value is -5.82. The Kier molecular flexibility index (Phi) is 9.76. The second kappa shape index (κ2) is 14.1. The molecule has 0 radical (unpaired) electrons. The number of nitrogens with zero attached hydrogens (tertiary/aromatic N) is 8. The number of aryl methyl sites for hydroxylation is 2. The van der Waals surface area contributed by atoms with Crippen molar-refractivity contribution in [1.82, 2.24) is 24.9 Å². The maximum absolute atomic E-state index is 14.5. The number of hydrogen-bond acceptors (Lipinski definition) is 9. The summed E-state index contributed by atoms with van der Waals surface area (Å²) < 4.78 is 42.3. The number of carbonyl (C=O) groups is 2. The number of benzene rings is 2.